The number of hydrogen-bond donors (Lipinski definition) is 2. The van der Waals surface area contributed by atoms with Gasteiger partial charge in [-0.15, -0.1) is 10.2 Å². The first-order chi connectivity index (χ1) is 16.5. The van der Waals surface area contributed by atoms with Crippen molar-refractivity contribution in [1.82, 2.24) is 24.6 Å². The topological polar surface area (TPSA) is 101 Å². The molecule has 2 N–H and O–H groups in total. The zero-order valence-corrected chi connectivity index (χ0v) is 21.5. The third-order valence-electron chi connectivity index (χ3n) is 6.67. The maximum absolute atomic E-state index is 13.5. The van der Waals surface area contributed by atoms with Crippen LogP contribution in [-0.4, -0.2) is 66.4 Å². The maximum atomic E-state index is 13.5. The molecule has 0 amide bonds. The van der Waals surface area contributed by atoms with Crippen LogP contribution in [0.4, 0.5) is 14.5 Å². The number of pyridine rings is 1. The van der Waals surface area contributed by atoms with Crippen molar-refractivity contribution in [2.24, 2.45) is 0 Å². The van der Waals surface area contributed by atoms with Gasteiger partial charge in [0, 0.05) is 31.4 Å². The van der Waals surface area contributed by atoms with Gasteiger partial charge >= 0.3 is 0 Å². The number of hydrogen-bond acceptors (Lipinski definition) is 8. The van der Waals surface area contributed by atoms with Crippen LogP contribution in [0.2, 0.25) is 0 Å². The predicted molar refractivity (Wildman–Crippen MR) is 130 cm³/mol. The Morgan fingerprint density at radius 1 is 1.23 bits per heavy atom. The highest BCUT2D eigenvalue weighted by atomic mass is 32.2. The summed E-state index contributed by atoms with van der Waals surface area (Å²) in [6, 6.07) is 5.71. The average molecular weight is 527 g/mol. The number of ether oxygens (including phenoxy) is 1. The molecule has 0 bridgehead atoms. The molecule has 0 saturated carbocycles. The molecule has 2 fully saturated rings. The molecule has 190 valence electrons. The molecule has 2 aliphatic rings. The molecule has 35 heavy (non-hydrogen) atoms. The number of fused-ring (bicyclic) bond motifs is 1. The van der Waals surface area contributed by atoms with Crippen LogP contribution in [0.1, 0.15) is 39.1 Å². The van der Waals surface area contributed by atoms with Crippen molar-refractivity contribution < 1.29 is 21.9 Å². The van der Waals surface area contributed by atoms with Crippen molar-refractivity contribution in [2.45, 2.75) is 62.7 Å². The second-order valence-corrected chi connectivity index (χ2v) is 12.3. The second-order valence-electron chi connectivity index (χ2n) is 9.63. The van der Waals surface area contributed by atoms with E-state index in [9.17, 15) is 17.2 Å². The molecule has 4 atom stereocenters. The number of nitrogens with zero attached hydrogens (tertiary/aromatic N) is 4. The number of anilines is 1. The quantitative estimate of drug-likeness (QED) is 0.509. The summed E-state index contributed by atoms with van der Waals surface area (Å²) in [6.45, 7) is 9.46. The van der Waals surface area contributed by atoms with Gasteiger partial charge in [0.15, 0.2) is 10.0 Å². The van der Waals surface area contributed by atoms with Crippen LogP contribution in [0.3, 0.4) is 0 Å². The van der Waals surface area contributed by atoms with Gasteiger partial charge in [0.05, 0.1) is 35.1 Å². The van der Waals surface area contributed by atoms with E-state index < -0.39 is 22.0 Å². The zero-order valence-electron chi connectivity index (χ0n) is 19.8. The van der Waals surface area contributed by atoms with Gasteiger partial charge in [-0.2, -0.15) is 0 Å². The fraction of sp³-hybridized carbons (Fsp3) is 0.545. The molecule has 2 unspecified atom stereocenters. The highest BCUT2D eigenvalue weighted by Gasteiger charge is 2.44. The molecule has 5 heterocycles. The van der Waals surface area contributed by atoms with E-state index in [0.717, 1.165) is 22.5 Å². The van der Waals surface area contributed by atoms with Crippen LogP contribution in [0.15, 0.2) is 29.3 Å². The lowest BCUT2D eigenvalue weighted by atomic mass is 9.93. The summed E-state index contributed by atoms with van der Waals surface area (Å²) in [4.78, 5) is 2.24. The fourth-order valence-electron chi connectivity index (χ4n) is 4.67. The molecule has 5 rings (SSSR count). The number of rotatable bonds is 6. The second kappa shape index (κ2) is 8.73. The zero-order chi connectivity index (χ0) is 25.1. The number of halogens is 2. The van der Waals surface area contributed by atoms with E-state index in [1.807, 2.05) is 19.9 Å². The molecular formula is C22H28F2N6O3S2. The molecule has 2 aliphatic heterocycles. The number of nitrogens with one attached hydrogen (secondary N) is 2. The van der Waals surface area contributed by atoms with Crippen LogP contribution in [0, 0.1) is 0 Å². The predicted octanol–water partition coefficient (Wildman–Crippen LogP) is 3.04. The highest BCUT2D eigenvalue weighted by molar-refractivity contribution is 7.89. The van der Waals surface area contributed by atoms with Gasteiger partial charge in [0.2, 0.25) is 10.0 Å². The SMILES string of the molecule is CC1OCC1(C)NS(=O)(=O)c1cc(N2C[C@H](C)N[C@@H](C)C2)c2ccc(-c3nnc(C(F)F)s3)n2c1. The van der Waals surface area contributed by atoms with Crippen LogP contribution in [0.5, 0.6) is 0 Å². The van der Waals surface area contributed by atoms with Gasteiger partial charge in [-0.1, -0.05) is 11.3 Å². The Balaban J connectivity index is 1.65. The highest BCUT2D eigenvalue weighted by Crippen LogP contribution is 2.36. The molecule has 2 saturated heterocycles. The molecule has 0 aromatic carbocycles. The lowest BCUT2D eigenvalue weighted by molar-refractivity contribution is -0.120. The smallest absolute Gasteiger partial charge is 0.291 e. The Hall–Kier alpha value is -2.19. The largest absolute Gasteiger partial charge is 0.374 e. The number of sulfonamides is 1. The van der Waals surface area contributed by atoms with Gasteiger partial charge in [-0.3, -0.25) is 0 Å². The Morgan fingerprint density at radius 3 is 2.51 bits per heavy atom. The maximum Gasteiger partial charge on any atom is 0.291 e. The third kappa shape index (κ3) is 4.44. The minimum atomic E-state index is -3.92. The Bertz CT molecular complexity index is 1350. The molecule has 9 nitrogen and oxygen atoms in total. The summed E-state index contributed by atoms with van der Waals surface area (Å²) in [5, 5.41) is 10.9. The van der Waals surface area contributed by atoms with E-state index >= 15 is 0 Å². The Labute approximate surface area is 206 Å². The van der Waals surface area contributed by atoms with Crippen LogP contribution in [0.25, 0.3) is 16.2 Å². The van der Waals surface area contributed by atoms with E-state index in [0.29, 0.717) is 23.8 Å². The van der Waals surface area contributed by atoms with Crippen molar-refractivity contribution in [3.63, 3.8) is 0 Å². The molecular weight excluding hydrogens is 498 g/mol. The minimum Gasteiger partial charge on any atom is -0.374 e. The third-order valence-corrected chi connectivity index (χ3v) is 9.20. The molecule has 13 heteroatoms. The molecule has 0 radical (unpaired) electrons. The summed E-state index contributed by atoms with van der Waals surface area (Å²) >= 11 is 0.794. The van der Waals surface area contributed by atoms with E-state index in [1.54, 1.807) is 16.5 Å². The summed E-state index contributed by atoms with van der Waals surface area (Å²) in [5.41, 5.74) is 1.31. The van der Waals surface area contributed by atoms with E-state index in [4.69, 9.17) is 4.74 Å². The monoisotopic (exact) mass is 526 g/mol. The number of piperazine rings is 1. The van der Waals surface area contributed by atoms with Gasteiger partial charge in [0.25, 0.3) is 6.43 Å². The van der Waals surface area contributed by atoms with Crippen LogP contribution in [-0.2, 0) is 14.8 Å². The van der Waals surface area contributed by atoms with Crippen LogP contribution < -0.4 is 14.9 Å². The van der Waals surface area contributed by atoms with Crippen molar-refractivity contribution in [2.75, 3.05) is 24.6 Å². The fourth-order valence-corrected chi connectivity index (χ4v) is 6.86. The number of alkyl halides is 2. The molecule has 0 spiro atoms. The van der Waals surface area contributed by atoms with Gasteiger partial charge in [-0.05, 0) is 45.9 Å². The lowest BCUT2D eigenvalue weighted by Crippen LogP contribution is -2.65. The normalized spacial score (nSPS) is 27.5. The molecule has 3 aromatic rings. The van der Waals surface area contributed by atoms with Crippen molar-refractivity contribution in [1.29, 1.82) is 0 Å². The van der Waals surface area contributed by atoms with Crippen molar-refractivity contribution in [3.8, 4) is 10.7 Å². The van der Waals surface area contributed by atoms with Gasteiger partial charge in [-0.25, -0.2) is 21.9 Å². The van der Waals surface area contributed by atoms with Crippen molar-refractivity contribution >= 4 is 32.6 Å². The average Bonchev–Trinajstić information content (AvgIpc) is 3.43. The first-order valence-electron chi connectivity index (χ1n) is 11.4. The van der Waals surface area contributed by atoms with Crippen LogP contribution >= 0.6 is 11.3 Å². The molecule has 0 aliphatic carbocycles. The van der Waals surface area contributed by atoms with Gasteiger partial charge < -0.3 is 19.4 Å². The summed E-state index contributed by atoms with van der Waals surface area (Å²) in [6.07, 6.45) is -1.46. The van der Waals surface area contributed by atoms with E-state index in [2.05, 4.69) is 39.0 Å². The summed E-state index contributed by atoms with van der Waals surface area (Å²) < 4.78 is 63.3. The Kier molecular flexibility index (Phi) is 6.11. The standard InChI is InChI=1S/C22H28F2N6O3S2/c1-12-8-29(9-13(2)25-12)18-7-15(35(31,32)28-22(4)11-33-14(22)3)10-30-16(18)5-6-17(30)20-26-27-21(34-20)19(23)24/h5-7,10,12-14,19,25,28H,8-9,11H2,1-4H3/t12-,13-,14?,22?/m0/s1. The minimum absolute atomic E-state index is 0.0789. The first-order valence-corrected chi connectivity index (χ1v) is 13.7. The summed E-state index contributed by atoms with van der Waals surface area (Å²) in [5.74, 6) is 0. The van der Waals surface area contributed by atoms with Crippen molar-refractivity contribution in [3.05, 3.63) is 29.4 Å². The van der Waals surface area contributed by atoms with Gasteiger partial charge in [0.1, 0.15) is 4.90 Å². The van der Waals surface area contributed by atoms with E-state index in [-0.39, 0.29) is 34.7 Å². The number of aromatic nitrogens is 3. The Morgan fingerprint density at radius 2 is 1.94 bits per heavy atom. The lowest BCUT2D eigenvalue weighted by Gasteiger charge is -2.45. The summed E-state index contributed by atoms with van der Waals surface area (Å²) in [7, 11) is -3.92. The first kappa shape index (κ1) is 24.5. The molecule has 3 aromatic heterocycles. The van der Waals surface area contributed by atoms with E-state index in [1.165, 1.54) is 6.20 Å².